The zero-order valence-electron chi connectivity index (χ0n) is 18.5. The average molecular weight is 430 g/mol. The monoisotopic (exact) mass is 430 g/mol. The molecule has 2 heterocycles. The van der Waals surface area contributed by atoms with Crippen molar-refractivity contribution in [1.82, 2.24) is 0 Å². The SMILES string of the molecule is COc1cc(C(=O)C[C@H]2c3c(cc4c(c3OC)OCO4)CC[NH+]2C)cc(OC)c1OC. The first-order valence-electron chi connectivity index (χ1n) is 10.2. The highest BCUT2D eigenvalue weighted by Crippen LogP contribution is 2.48. The van der Waals surface area contributed by atoms with Crippen LogP contribution < -0.4 is 33.3 Å². The zero-order valence-corrected chi connectivity index (χ0v) is 18.5. The maximum Gasteiger partial charge on any atom is 0.231 e. The molecule has 0 saturated carbocycles. The Balaban J connectivity index is 1.72. The minimum absolute atomic E-state index is 0.0174. The predicted molar refractivity (Wildman–Crippen MR) is 112 cm³/mol. The van der Waals surface area contributed by atoms with Gasteiger partial charge in [0.05, 0.1) is 54.0 Å². The molecule has 2 aliphatic heterocycles. The quantitative estimate of drug-likeness (QED) is 0.672. The van der Waals surface area contributed by atoms with E-state index < -0.39 is 0 Å². The summed E-state index contributed by atoms with van der Waals surface area (Å²) >= 11 is 0. The van der Waals surface area contributed by atoms with Gasteiger partial charge >= 0.3 is 0 Å². The molecular weight excluding hydrogens is 402 g/mol. The van der Waals surface area contributed by atoms with Crippen LogP contribution in [0.25, 0.3) is 0 Å². The molecule has 8 heteroatoms. The van der Waals surface area contributed by atoms with Gasteiger partial charge in [0.2, 0.25) is 18.3 Å². The fraction of sp³-hybridized carbons (Fsp3) is 0.435. The van der Waals surface area contributed by atoms with Crippen molar-refractivity contribution in [2.24, 2.45) is 0 Å². The maximum absolute atomic E-state index is 13.4. The number of Topliss-reactive ketones (excluding diaryl/α,β-unsaturated/α-hetero) is 1. The van der Waals surface area contributed by atoms with Crippen LogP contribution in [0.15, 0.2) is 18.2 Å². The first kappa shape index (κ1) is 21.1. The molecule has 2 aromatic carbocycles. The second-order valence-corrected chi connectivity index (χ2v) is 7.66. The van der Waals surface area contributed by atoms with Crippen molar-refractivity contribution in [2.45, 2.75) is 18.9 Å². The number of rotatable bonds is 7. The lowest BCUT2D eigenvalue weighted by atomic mass is 9.87. The average Bonchev–Trinajstić information content (AvgIpc) is 3.26. The Kier molecular flexibility index (Phi) is 5.82. The summed E-state index contributed by atoms with van der Waals surface area (Å²) in [4.78, 5) is 14.6. The Labute approximate surface area is 181 Å². The summed E-state index contributed by atoms with van der Waals surface area (Å²) < 4.78 is 33.2. The van der Waals surface area contributed by atoms with Crippen LogP contribution >= 0.6 is 0 Å². The Bertz CT molecular complexity index is 979. The van der Waals surface area contributed by atoms with Gasteiger partial charge in [-0.2, -0.15) is 0 Å². The van der Waals surface area contributed by atoms with Gasteiger partial charge < -0.3 is 33.3 Å². The van der Waals surface area contributed by atoms with E-state index in [1.807, 2.05) is 6.07 Å². The summed E-state index contributed by atoms with van der Waals surface area (Å²) in [6.45, 7) is 1.08. The van der Waals surface area contributed by atoms with E-state index >= 15 is 0 Å². The number of fused-ring (bicyclic) bond motifs is 2. The van der Waals surface area contributed by atoms with E-state index in [9.17, 15) is 4.79 Å². The first-order chi connectivity index (χ1) is 15.0. The molecule has 0 saturated heterocycles. The molecule has 2 aromatic rings. The fourth-order valence-electron chi connectivity index (χ4n) is 4.44. The van der Waals surface area contributed by atoms with E-state index in [1.54, 1.807) is 19.2 Å². The maximum atomic E-state index is 13.4. The lowest BCUT2D eigenvalue weighted by Gasteiger charge is -2.32. The number of nitrogens with one attached hydrogen (secondary N) is 1. The molecule has 0 amide bonds. The van der Waals surface area contributed by atoms with Gasteiger partial charge in [0, 0.05) is 12.0 Å². The molecule has 1 unspecified atom stereocenters. The van der Waals surface area contributed by atoms with Gasteiger partial charge in [-0.3, -0.25) is 4.79 Å². The van der Waals surface area contributed by atoms with Gasteiger partial charge in [-0.15, -0.1) is 0 Å². The Hall–Kier alpha value is -3.13. The molecule has 0 bridgehead atoms. The number of ether oxygens (including phenoxy) is 6. The van der Waals surface area contributed by atoms with Crippen LogP contribution in [0, 0.1) is 0 Å². The van der Waals surface area contributed by atoms with E-state index in [1.165, 1.54) is 26.2 Å². The summed E-state index contributed by atoms with van der Waals surface area (Å²) in [6.07, 6.45) is 1.18. The van der Waals surface area contributed by atoms with Crippen molar-refractivity contribution < 1.29 is 38.1 Å². The van der Waals surface area contributed by atoms with Crippen molar-refractivity contribution in [3.63, 3.8) is 0 Å². The molecule has 31 heavy (non-hydrogen) atoms. The fourth-order valence-corrected chi connectivity index (χ4v) is 4.44. The number of ketones is 1. The van der Waals surface area contributed by atoms with Crippen LogP contribution in [-0.4, -0.2) is 54.6 Å². The molecule has 8 nitrogen and oxygen atoms in total. The predicted octanol–water partition coefficient (Wildman–Crippen LogP) is 1.83. The van der Waals surface area contributed by atoms with Gasteiger partial charge in [0.15, 0.2) is 28.8 Å². The van der Waals surface area contributed by atoms with Crippen molar-refractivity contribution in [3.8, 4) is 34.5 Å². The highest BCUT2D eigenvalue weighted by Gasteiger charge is 2.38. The zero-order chi connectivity index (χ0) is 22.1. The van der Waals surface area contributed by atoms with E-state index in [4.69, 9.17) is 28.4 Å². The normalized spacial score (nSPS) is 18.9. The highest BCUT2D eigenvalue weighted by molar-refractivity contribution is 5.98. The summed E-state index contributed by atoms with van der Waals surface area (Å²) in [6, 6.07) is 5.32. The number of carbonyl (C=O) groups excluding carboxylic acids is 1. The molecule has 1 N–H and O–H groups in total. The molecule has 0 fully saturated rings. The van der Waals surface area contributed by atoms with Crippen LogP contribution in [0.4, 0.5) is 0 Å². The van der Waals surface area contributed by atoms with Crippen LogP contribution in [0.5, 0.6) is 34.5 Å². The molecule has 0 aliphatic carbocycles. The molecule has 2 atom stereocenters. The van der Waals surface area contributed by atoms with Gasteiger partial charge in [0.25, 0.3) is 0 Å². The lowest BCUT2D eigenvalue weighted by molar-refractivity contribution is -0.913. The third kappa shape index (κ3) is 3.61. The molecule has 0 aromatic heterocycles. The Morgan fingerprint density at radius 2 is 1.68 bits per heavy atom. The molecule has 0 spiro atoms. The molecule has 166 valence electrons. The van der Waals surface area contributed by atoms with Crippen LogP contribution in [0.1, 0.15) is 33.9 Å². The van der Waals surface area contributed by atoms with Crippen LogP contribution in [-0.2, 0) is 6.42 Å². The number of methoxy groups -OCH3 is 4. The largest absolute Gasteiger partial charge is 0.493 e. The lowest BCUT2D eigenvalue weighted by Crippen LogP contribution is -3.10. The summed E-state index contributed by atoms with van der Waals surface area (Å²) in [5.41, 5.74) is 2.65. The van der Waals surface area contributed by atoms with E-state index in [0.29, 0.717) is 46.5 Å². The summed E-state index contributed by atoms with van der Waals surface area (Å²) in [5.74, 6) is 3.32. The van der Waals surface area contributed by atoms with E-state index in [-0.39, 0.29) is 18.6 Å². The van der Waals surface area contributed by atoms with E-state index in [0.717, 1.165) is 24.1 Å². The molecule has 4 rings (SSSR count). The third-order valence-electron chi connectivity index (χ3n) is 6.06. The van der Waals surface area contributed by atoms with Crippen molar-refractivity contribution in [1.29, 1.82) is 0 Å². The Morgan fingerprint density at radius 1 is 1.00 bits per heavy atom. The van der Waals surface area contributed by atoms with E-state index in [2.05, 4.69) is 7.05 Å². The number of hydrogen-bond donors (Lipinski definition) is 1. The third-order valence-corrected chi connectivity index (χ3v) is 6.06. The second-order valence-electron chi connectivity index (χ2n) is 7.66. The number of quaternary nitrogens is 1. The first-order valence-corrected chi connectivity index (χ1v) is 10.2. The second kappa shape index (κ2) is 8.55. The standard InChI is InChI=1S/C23H27NO7/c1-24-7-6-13-8-19-22(31-12-30-19)23(29-5)20(13)15(24)11-16(25)14-9-17(26-2)21(28-4)18(10-14)27-3/h8-10,15H,6-7,11-12H2,1-5H3/p+1/t15-/m0/s1. The number of likely N-dealkylation sites (N-methyl/N-ethyl adjacent to an activating group) is 1. The summed E-state index contributed by atoms with van der Waals surface area (Å²) in [5, 5.41) is 0. The minimum atomic E-state index is -0.0835. The van der Waals surface area contributed by atoms with Crippen molar-refractivity contribution >= 4 is 5.78 Å². The van der Waals surface area contributed by atoms with Gasteiger partial charge in [-0.1, -0.05) is 0 Å². The van der Waals surface area contributed by atoms with Crippen LogP contribution in [0.3, 0.4) is 0 Å². The molecule has 0 radical (unpaired) electrons. The smallest absolute Gasteiger partial charge is 0.231 e. The van der Waals surface area contributed by atoms with Gasteiger partial charge in [0.1, 0.15) is 6.04 Å². The summed E-state index contributed by atoms with van der Waals surface area (Å²) in [7, 11) is 8.33. The number of benzene rings is 2. The van der Waals surface area contributed by atoms with Crippen molar-refractivity contribution in [2.75, 3.05) is 48.8 Å². The van der Waals surface area contributed by atoms with Crippen LogP contribution in [0.2, 0.25) is 0 Å². The number of hydrogen-bond acceptors (Lipinski definition) is 7. The highest BCUT2D eigenvalue weighted by atomic mass is 16.7. The minimum Gasteiger partial charge on any atom is -0.493 e. The van der Waals surface area contributed by atoms with Crippen molar-refractivity contribution in [3.05, 3.63) is 34.9 Å². The topological polar surface area (TPSA) is 76.9 Å². The van der Waals surface area contributed by atoms with Gasteiger partial charge in [-0.25, -0.2) is 0 Å². The number of carbonyl (C=O) groups is 1. The molecule has 2 aliphatic rings. The molecular formula is C23H28NO7+. The van der Waals surface area contributed by atoms with Gasteiger partial charge in [-0.05, 0) is 23.8 Å². The Morgan fingerprint density at radius 3 is 2.29 bits per heavy atom.